The normalized spacial score (nSPS) is 10.5. The Labute approximate surface area is 90.8 Å². The van der Waals surface area contributed by atoms with E-state index in [4.69, 9.17) is 29.0 Å². The molecule has 0 aliphatic carbocycles. The van der Waals surface area contributed by atoms with Crippen molar-refractivity contribution >= 4 is 39.9 Å². The molecule has 0 saturated carbocycles. The Hall–Kier alpha value is -1.03. The van der Waals surface area contributed by atoms with Gasteiger partial charge in [0.15, 0.2) is 0 Å². The van der Waals surface area contributed by atoms with Crippen LogP contribution in [0.1, 0.15) is 0 Å². The van der Waals surface area contributed by atoms with Crippen molar-refractivity contribution in [1.82, 2.24) is 4.98 Å². The van der Waals surface area contributed by atoms with Crippen LogP contribution >= 0.6 is 23.2 Å². The lowest BCUT2D eigenvalue weighted by molar-refractivity contribution is 1.26. The van der Waals surface area contributed by atoms with Crippen LogP contribution in [0.2, 0.25) is 10.0 Å². The summed E-state index contributed by atoms with van der Waals surface area (Å²) >= 11 is 11.9. The topological polar surface area (TPSA) is 50.9 Å². The summed E-state index contributed by atoms with van der Waals surface area (Å²) in [5.74, 6) is 5.80. The molecule has 72 valence electrons. The zero-order valence-corrected chi connectivity index (χ0v) is 8.60. The maximum atomic E-state index is 5.99. The Bertz CT molecular complexity index is 485. The summed E-state index contributed by atoms with van der Waals surface area (Å²) in [4.78, 5) is 4.20. The molecule has 2 aromatic rings. The van der Waals surface area contributed by atoms with Gasteiger partial charge in [-0.25, -0.2) is 10.8 Å². The number of nitrogens with one attached hydrogen (secondary N) is 1. The highest BCUT2D eigenvalue weighted by molar-refractivity contribution is 6.45. The van der Waals surface area contributed by atoms with E-state index in [1.54, 1.807) is 12.1 Å². The SMILES string of the molecule is NNc1ccc2ccc(Cl)c(Cl)c2n1. The number of rotatable bonds is 1. The van der Waals surface area contributed by atoms with Crippen molar-refractivity contribution in [2.24, 2.45) is 5.84 Å². The summed E-state index contributed by atoms with van der Waals surface area (Å²) in [5, 5.41) is 1.86. The van der Waals surface area contributed by atoms with Gasteiger partial charge in [-0.1, -0.05) is 29.3 Å². The lowest BCUT2D eigenvalue weighted by atomic mass is 10.2. The molecule has 0 fully saturated rings. The summed E-state index contributed by atoms with van der Waals surface area (Å²) in [5.41, 5.74) is 3.10. The van der Waals surface area contributed by atoms with E-state index >= 15 is 0 Å². The second-order valence-electron chi connectivity index (χ2n) is 2.77. The molecule has 3 nitrogen and oxygen atoms in total. The van der Waals surface area contributed by atoms with Crippen LogP contribution in [0.15, 0.2) is 24.3 Å². The third kappa shape index (κ3) is 1.50. The molecule has 0 atom stereocenters. The van der Waals surface area contributed by atoms with E-state index in [-0.39, 0.29) is 0 Å². The lowest BCUT2D eigenvalue weighted by Gasteiger charge is -2.04. The standard InChI is InChI=1S/C9H7Cl2N3/c10-6-3-1-5-2-4-7(14-12)13-9(5)8(6)11/h1-4H,12H2,(H,13,14). The largest absolute Gasteiger partial charge is 0.308 e. The average Bonchev–Trinajstić information content (AvgIpc) is 2.23. The minimum Gasteiger partial charge on any atom is -0.308 e. The predicted molar refractivity (Wildman–Crippen MR) is 59.6 cm³/mol. The van der Waals surface area contributed by atoms with E-state index < -0.39 is 0 Å². The summed E-state index contributed by atoms with van der Waals surface area (Å²) in [7, 11) is 0. The van der Waals surface area contributed by atoms with Crippen LogP contribution in [-0.2, 0) is 0 Å². The Balaban J connectivity index is 2.78. The Morgan fingerprint density at radius 2 is 1.86 bits per heavy atom. The van der Waals surface area contributed by atoms with Gasteiger partial charge < -0.3 is 5.43 Å². The van der Waals surface area contributed by atoms with Gasteiger partial charge in [-0.3, -0.25) is 0 Å². The molecular formula is C9H7Cl2N3. The minimum atomic E-state index is 0.446. The number of pyridine rings is 1. The molecular weight excluding hydrogens is 221 g/mol. The molecule has 1 aromatic carbocycles. The summed E-state index contributed by atoms with van der Waals surface area (Å²) < 4.78 is 0. The first-order chi connectivity index (χ1) is 6.72. The highest BCUT2D eigenvalue weighted by Gasteiger charge is 2.05. The van der Waals surface area contributed by atoms with Crippen molar-refractivity contribution in [2.45, 2.75) is 0 Å². The fraction of sp³-hybridized carbons (Fsp3) is 0. The quantitative estimate of drug-likeness (QED) is 0.582. The van der Waals surface area contributed by atoms with Gasteiger partial charge in [0, 0.05) is 5.39 Å². The molecule has 0 saturated heterocycles. The number of aromatic nitrogens is 1. The van der Waals surface area contributed by atoms with Gasteiger partial charge in [-0.15, -0.1) is 0 Å². The highest BCUT2D eigenvalue weighted by atomic mass is 35.5. The van der Waals surface area contributed by atoms with E-state index in [9.17, 15) is 0 Å². The highest BCUT2D eigenvalue weighted by Crippen LogP contribution is 2.29. The summed E-state index contributed by atoms with van der Waals surface area (Å²) in [6, 6.07) is 7.24. The van der Waals surface area contributed by atoms with Crippen LogP contribution in [-0.4, -0.2) is 4.98 Å². The zero-order valence-electron chi connectivity index (χ0n) is 7.09. The number of benzene rings is 1. The van der Waals surface area contributed by atoms with Crippen molar-refractivity contribution in [2.75, 3.05) is 5.43 Å². The molecule has 0 spiro atoms. The number of hydrogen-bond donors (Lipinski definition) is 2. The second kappa shape index (κ2) is 3.61. The van der Waals surface area contributed by atoms with Crippen LogP contribution in [0, 0.1) is 0 Å². The monoisotopic (exact) mass is 227 g/mol. The third-order valence-electron chi connectivity index (χ3n) is 1.90. The van der Waals surface area contributed by atoms with E-state index in [0.29, 0.717) is 21.4 Å². The van der Waals surface area contributed by atoms with Gasteiger partial charge in [0.1, 0.15) is 5.82 Å². The van der Waals surface area contributed by atoms with Gasteiger partial charge in [0.05, 0.1) is 15.6 Å². The second-order valence-corrected chi connectivity index (χ2v) is 3.56. The third-order valence-corrected chi connectivity index (χ3v) is 2.70. The van der Waals surface area contributed by atoms with Crippen molar-refractivity contribution < 1.29 is 0 Å². The molecule has 0 aliphatic rings. The number of halogens is 2. The van der Waals surface area contributed by atoms with Gasteiger partial charge >= 0.3 is 0 Å². The number of nitrogen functional groups attached to an aromatic ring is 1. The molecule has 1 aromatic heterocycles. The van der Waals surface area contributed by atoms with Gasteiger partial charge in [-0.05, 0) is 18.2 Å². The smallest absolute Gasteiger partial charge is 0.140 e. The molecule has 1 heterocycles. The van der Waals surface area contributed by atoms with E-state index in [2.05, 4.69) is 10.4 Å². The van der Waals surface area contributed by atoms with Crippen molar-refractivity contribution in [3.8, 4) is 0 Å². The van der Waals surface area contributed by atoms with Crippen LogP contribution in [0.3, 0.4) is 0 Å². The molecule has 3 N–H and O–H groups in total. The Morgan fingerprint density at radius 1 is 1.14 bits per heavy atom. The fourth-order valence-corrected chi connectivity index (χ4v) is 1.58. The summed E-state index contributed by atoms with van der Waals surface area (Å²) in [6.07, 6.45) is 0. The number of hydrogen-bond acceptors (Lipinski definition) is 3. The molecule has 0 radical (unpaired) electrons. The maximum Gasteiger partial charge on any atom is 0.140 e. The number of anilines is 1. The Morgan fingerprint density at radius 3 is 2.57 bits per heavy atom. The Kier molecular flexibility index (Phi) is 2.46. The first-order valence-corrected chi connectivity index (χ1v) is 4.69. The van der Waals surface area contributed by atoms with Crippen LogP contribution in [0.5, 0.6) is 0 Å². The van der Waals surface area contributed by atoms with E-state index in [1.807, 2.05) is 12.1 Å². The van der Waals surface area contributed by atoms with Gasteiger partial charge in [0.25, 0.3) is 0 Å². The molecule has 0 unspecified atom stereocenters. The van der Waals surface area contributed by atoms with Gasteiger partial charge in [-0.2, -0.15) is 0 Å². The molecule has 5 heteroatoms. The minimum absolute atomic E-state index is 0.446. The molecule has 14 heavy (non-hydrogen) atoms. The van der Waals surface area contributed by atoms with Crippen LogP contribution in [0.25, 0.3) is 10.9 Å². The first-order valence-electron chi connectivity index (χ1n) is 3.94. The number of fused-ring (bicyclic) bond motifs is 1. The molecule has 2 rings (SSSR count). The summed E-state index contributed by atoms with van der Waals surface area (Å²) in [6.45, 7) is 0. The van der Waals surface area contributed by atoms with Crippen LogP contribution < -0.4 is 11.3 Å². The fourth-order valence-electron chi connectivity index (χ4n) is 1.21. The molecule has 0 aliphatic heterocycles. The number of nitrogens with zero attached hydrogens (tertiary/aromatic N) is 1. The van der Waals surface area contributed by atoms with E-state index in [0.717, 1.165) is 5.39 Å². The average molecular weight is 228 g/mol. The lowest BCUT2D eigenvalue weighted by Crippen LogP contribution is -2.08. The predicted octanol–water partition coefficient (Wildman–Crippen LogP) is 2.83. The zero-order chi connectivity index (χ0) is 10.1. The number of hydrazine groups is 1. The van der Waals surface area contributed by atoms with Crippen molar-refractivity contribution in [1.29, 1.82) is 0 Å². The molecule has 0 amide bonds. The van der Waals surface area contributed by atoms with Crippen molar-refractivity contribution in [3.05, 3.63) is 34.3 Å². The maximum absolute atomic E-state index is 5.99. The van der Waals surface area contributed by atoms with Gasteiger partial charge in [0.2, 0.25) is 0 Å². The molecule has 0 bridgehead atoms. The van der Waals surface area contributed by atoms with Crippen LogP contribution in [0.4, 0.5) is 5.82 Å². The van der Waals surface area contributed by atoms with E-state index in [1.165, 1.54) is 0 Å². The van der Waals surface area contributed by atoms with Crippen molar-refractivity contribution in [3.63, 3.8) is 0 Å². The number of nitrogens with two attached hydrogens (primary N) is 1. The first kappa shape index (κ1) is 9.52.